The molecule has 1 heterocycles. The number of carbonyl (C=O) groups is 1. The number of amides is 1. The number of hydrogen-bond donors (Lipinski definition) is 2. The van der Waals surface area contributed by atoms with E-state index in [2.05, 4.69) is 15.6 Å². The lowest BCUT2D eigenvalue weighted by Gasteiger charge is -2.29. The second-order valence-electron chi connectivity index (χ2n) is 6.91. The summed E-state index contributed by atoms with van der Waals surface area (Å²) in [6.45, 7) is 3.18. The van der Waals surface area contributed by atoms with Crippen LogP contribution in [0.4, 0.5) is 10.1 Å². The maximum atomic E-state index is 14.0. The first kappa shape index (κ1) is 21.4. The smallest absolute Gasteiger partial charge is 0.265 e. The molecular formula is C22H27FN4O3. The van der Waals surface area contributed by atoms with Crippen molar-refractivity contribution in [2.45, 2.75) is 19.4 Å². The summed E-state index contributed by atoms with van der Waals surface area (Å²) in [6, 6.07) is 12.2. The quantitative estimate of drug-likeness (QED) is 0.414. The fourth-order valence-electron chi connectivity index (χ4n) is 3.28. The first-order valence-corrected chi connectivity index (χ1v) is 9.86. The third-order valence-corrected chi connectivity index (χ3v) is 4.91. The molecule has 2 aromatic carbocycles. The van der Waals surface area contributed by atoms with Gasteiger partial charge in [0.1, 0.15) is 5.75 Å². The van der Waals surface area contributed by atoms with Gasteiger partial charge in [0.05, 0.1) is 18.8 Å². The monoisotopic (exact) mass is 414 g/mol. The van der Waals surface area contributed by atoms with E-state index in [1.165, 1.54) is 13.2 Å². The zero-order valence-corrected chi connectivity index (χ0v) is 17.4. The molecule has 1 aliphatic rings. The van der Waals surface area contributed by atoms with Crippen molar-refractivity contribution in [1.82, 2.24) is 10.6 Å². The molecule has 3 rings (SSSR count). The molecule has 0 bridgehead atoms. The Labute approximate surface area is 175 Å². The highest BCUT2D eigenvalue weighted by Gasteiger charge is 2.24. The summed E-state index contributed by atoms with van der Waals surface area (Å²) in [5, 5.41) is 6.48. The molecule has 2 aromatic rings. The molecule has 1 aliphatic heterocycles. The van der Waals surface area contributed by atoms with Crippen molar-refractivity contribution in [2.75, 3.05) is 38.8 Å². The van der Waals surface area contributed by atoms with E-state index in [4.69, 9.17) is 9.47 Å². The van der Waals surface area contributed by atoms with Crippen LogP contribution >= 0.6 is 0 Å². The van der Waals surface area contributed by atoms with Crippen LogP contribution in [0.2, 0.25) is 0 Å². The van der Waals surface area contributed by atoms with E-state index < -0.39 is 5.82 Å². The maximum absolute atomic E-state index is 14.0. The summed E-state index contributed by atoms with van der Waals surface area (Å²) in [7, 11) is 3.12. The molecular weight excluding hydrogens is 387 g/mol. The van der Waals surface area contributed by atoms with Gasteiger partial charge in [0, 0.05) is 20.1 Å². The Morgan fingerprint density at radius 1 is 1.33 bits per heavy atom. The normalized spacial score (nSPS) is 14.6. The third-order valence-electron chi connectivity index (χ3n) is 4.91. The highest BCUT2D eigenvalue weighted by molar-refractivity contribution is 5.97. The topological polar surface area (TPSA) is 75.2 Å². The van der Waals surface area contributed by atoms with Crippen LogP contribution in [0.5, 0.6) is 11.5 Å². The van der Waals surface area contributed by atoms with Crippen molar-refractivity contribution < 1.29 is 18.7 Å². The van der Waals surface area contributed by atoms with Crippen molar-refractivity contribution >= 4 is 17.6 Å². The fraction of sp³-hybridized carbons (Fsp3) is 0.364. The van der Waals surface area contributed by atoms with E-state index in [1.54, 1.807) is 18.0 Å². The molecule has 160 valence electrons. The lowest BCUT2D eigenvalue weighted by molar-refractivity contribution is -0.121. The summed E-state index contributed by atoms with van der Waals surface area (Å²) in [4.78, 5) is 18.2. The number of hydrogen-bond acceptors (Lipinski definition) is 4. The number of methoxy groups -OCH3 is 1. The van der Waals surface area contributed by atoms with Gasteiger partial charge in [-0.25, -0.2) is 4.39 Å². The lowest BCUT2D eigenvalue weighted by Crippen LogP contribution is -2.42. The van der Waals surface area contributed by atoms with Crippen LogP contribution in [-0.2, 0) is 4.79 Å². The molecule has 0 radical (unpaired) electrons. The number of guanidine groups is 1. The fourth-order valence-corrected chi connectivity index (χ4v) is 3.28. The van der Waals surface area contributed by atoms with E-state index in [-0.39, 0.29) is 24.3 Å². The highest BCUT2D eigenvalue weighted by Crippen LogP contribution is 2.31. The van der Waals surface area contributed by atoms with Gasteiger partial charge in [0.25, 0.3) is 5.91 Å². The molecule has 8 heteroatoms. The summed E-state index contributed by atoms with van der Waals surface area (Å²) in [5.41, 5.74) is 1.58. The van der Waals surface area contributed by atoms with Gasteiger partial charge in [-0.15, -0.1) is 0 Å². The number of nitrogens with one attached hydrogen (secondary N) is 2. The van der Waals surface area contributed by atoms with Gasteiger partial charge in [0.15, 0.2) is 24.1 Å². The Kier molecular flexibility index (Phi) is 7.11. The van der Waals surface area contributed by atoms with E-state index in [9.17, 15) is 9.18 Å². The minimum absolute atomic E-state index is 0.0497. The molecule has 0 saturated heterocycles. The molecule has 30 heavy (non-hydrogen) atoms. The average molecular weight is 414 g/mol. The third kappa shape index (κ3) is 5.00. The SMILES string of the molecule is CN=C(NCCCN1C(=O)COc2ccccc21)NC(C)c1ccc(OC)c(F)c1. The number of rotatable bonds is 7. The van der Waals surface area contributed by atoms with Crippen molar-refractivity contribution in [3.63, 3.8) is 0 Å². The molecule has 7 nitrogen and oxygen atoms in total. The predicted molar refractivity (Wildman–Crippen MR) is 115 cm³/mol. The number of benzene rings is 2. The summed E-state index contributed by atoms with van der Waals surface area (Å²) >= 11 is 0. The molecule has 1 atom stereocenters. The molecule has 0 spiro atoms. The molecule has 2 N–H and O–H groups in total. The Morgan fingerprint density at radius 3 is 2.87 bits per heavy atom. The molecule has 0 fully saturated rings. The van der Waals surface area contributed by atoms with Gasteiger partial charge in [-0.05, 0) is 43.2 Å². The van der Waals surface area contributed by atoms with Crippen molar-refractivity contribution in [1.29, 1.82) is 0 Å². The molecule has 1 unspecified atom stereocenters. The van der Waals surface area contributed by atoms with Crippen molar-refractivity contribution in [2.24, 2.45) is 4.99 Å². The number of anilines is 1. The molecule has 0 saturated carbocycles. The largest absolute Gasteiger partial charge is 0.494 e. The molecule has 1 amide bonds. The first-order valence-electron chi connectivity index (χ1n) is 9.86. The van der Waals surface area contributed by atoms with Gasteiger partial charge in [-0.1, -0.05) is 18.2 Å². The zero-order chi connectivity index (χ0) is 21.5. The first-order chi connectivity index (χ1) is 14.5. The van der Waals surface area contributed by atoms with Crippen LogP contribution in [0, 0.1) is 5.82 Å². The van der Waals surface area contributed by atoms with Gasteiger partial charge >= 0.3 is 0 Å². The minimum Gasteiger partial charge on any atom is -0.494 e. The number of ether oxygens (including phenoxy) is 2. The van der Waals surface area contributed by atoms with E-state index >= 15 is 0 Å². The standard InChI is InChI=1S/C22H27FN4O3/c1-15(16-9-10-19(29-3)17(23)13-16)26-22(24-2)25-11-6-12-27-18-7-4-5-8-20(18)30-14-21(27)28/h4-5,7-10,13,15H,6,11-12,14H2,1-3H3,(H2,24,25,26). The van der Waals surface area contributed by atoms with Crippen LogP contribution < -0.4 is 25.0 Å². The maximum Gasteiger partial charge on any atom is 0.265 e. The number of halogens is 1. The number of carbonyl (C=O) groups excluding carboxylic acids is 1. The molecule has 0 aromatic heterocycles. The predicted octanol–water partition coefficient (Wildman–Crippen LogP) is 2.88. The van der Waals surface area contributed by atoms with Crippen LogP contribution in [-0.4, -0.2) is 45.7 Å². The summed E-state index contributed by atoms with van der Waals surface area (Å²) in [6.07, 6.45) is 0.728. The van der Waals surface area contributed by atoms with Crippen molar-refractivity contribution in [3.8, 4) is 11.5 Å². The molecule has 0 aliphatic carbocycles. The Balaban J connectivity index is 1.50. The number of nitrogens with zero attached hydrogens (tertiary/aromatic N) is 2. The number of para-hydroxylation sites is 2. The lowest BCUT2D eigenvalue weighted by atomic mass is 10.1. The van der Waals surface area contributed by atoms with Crippen LogP contribution in [0.3, 0.4) is 0 Å². The number of fused-ring (bicyclic) bond motifs is 1. The Hall–Kier alpha value is -3.29. The Bertz CT molecular complexity index is 919. The van der Waals surface area contributed by atoms with E-state index in [0.29, 0.717) is 19.0 Å². The van der Waals surface area contributed by atoms with Crippen LogP contribution in [0.15, 0.2) is 47.5 Å². The van der Waals surface area contributed by atoms with Gasteiger partial charge in [0.2, 0.25) is 0 Å². The zero-order valence-electron chi connectivity index (χ0n) is 17.4. The Morgan fingerprint density at radius 2 is 2.13 bits per heavy atom. The van der Waals surface area contributed by atoms with Crippen molar-refractivity contribution in [3.05, 3.63) is 53.8 Å². The highest BCUT2D eigenvalue weighted by atomic mass is 19.1. The minimum atomic E-state index is -0.401. The second-order valence-corrected chi connectivity index (χ2v) is 6.91. The van der Waals surface area contributed by atoms with Crippen LogP contribution in [0.1, 0.15) is 24.9 Å². The van der Waals surface area contributed by atoms with E-state index in [0.717, 1.165) is 23.4 Å². The van der Waals surface area contributed by atoms with Gasteiger partial charge < -0.3 is 25.0 Å². The van der Waals surface area contributed by atoms with E-state index in [1.807, 2.05) is 37.3 Å². The van der Waals surface area contributed by atoms with Gasteiger partial charge in [-0.2, -0.15) is 0 Å². The number of aliphatic imine (C=N–C) groups is 1. The van der Waals surface area contributed by atoms with Crippen LogP contribution in [0.25, 0.3) is 0 Å². The summed E-state index contributed by atoms with van der Waals surface area (Å²) in [5.74, 6) is 1.09. The average Bonchev–Trinajstić information content (AvgIpc) is 2.76. The summed E-state index contributed by atoms with van der Waals surface area (Å²) < 4.78 is 24.4. The second kappa shape index (κ2) is 9.96. The van der Waals surface area contributed by atoms with Gasteiger partial charge in [-0.3, -0.25) is 9.79 Å².